The number of carbonyl (C=O) groups is 2. The van der Waals surface area contributed by atoms with Crippen LogP contribution in [0, 0.1) is 5.92 Å². The maximum atomic E-state index is 13.4. The van der Waals surface area contributed by atoms with E-state index in [-0.39, 0.29) is 17.9 Å². The quantitative estimate of drug-likeness (QED) is 0.650. The Kier molecular flexibility index (Phi) is 6.18. The van der Waals surface area contributed by atoms with Crippen molar-refractivity contribution in [3.05, 3.63) is 24.0 Å². The molecule has 2 amide bonds. The molecule has 0 spiro atoms. The summed E-state index contributed by atoms with van der Waals surface area (Å²) in [4.78, 5) is 36.1. The Morgan fingerprint density at radius 3 is 2.47 bits per heavy atom. The standard InChI is InChI=1S/C24H35BN4O5/c1-14(2)19(28(7)22(31)32)21(30)29-12-8-9-18(29)20-26-16-11-10-15(13-17(16)27-20)25-33-23(3,4)24(5,6)34-25/h10-11,13-14,18-19H,8-9,12H2,1-7H3,(H,26,27)(H,31,32)/t18-,19-/m0/s1. The number of likely N-dealkylation sites (tertiary alicyclic amines) is 1. The van der Waals surface area contributed by atoms with E-state index in [9.17, 15) is 14.7 Å². The van der Waals surface area contributed by atoms with Crippen LogP contribution in [0.15, 0.2) is 18.2 Å². The number of H-pyrrole nitrogens is 1. The molecular weight excluding hydrogens is 435 g/mol. The monoisotopic (exact) mass is 470 g/mol. The van der Waals surface area contributed by atoms with Gasteiger partial charge in [-0.15, -0.1) is 0 Å². The van der Waals surface area contributed by atoms with Gasteiger partial charge in [0.25, 0.3) is 0 Å². The number of aromatic nitrogens is 2. The van der Waals surface area contributed by atoms with Gasteiger partial charge in [0.2, 0.25) is 5.91 Å². The Hall–Kier alpha value is -2.59. The van der Waals surface area contributed by atoms with Crippen molar-refractivity contribution >= 4 is 35.6 Å². The Morgan fingerprint density at radius 1 is 1.24 bits per heavy atom. The van der Waals surface area contributed by atoms with E-state index in [2.05, 4.69) is 4.98 Å². The number of carbonyl (C=O) groups excluding carboxylic acids is 1. The number of benzene rings is 1. The number of aromatic amines is 1. The summed E-state index contributed by atoms with van der Waals surface area (Å²) in [5.74, 6) is 0.390. The third-order valence-electron chi connectivity index (χ3n) is 7.51. The first-order chi connectivity index (χ1) is 15.8. The Morgan fingerprint density at radius 2 is 1.88 bits per heavy atom. The first kappa shape index (κ1) is 24.5. The highest BCUT2D eigenvalue weighted by molar-refractivity contribution is 6.62. The lowest BCUT2D eigenvalue weighted by Gasteiger charge is -2.33. The van der Waals surface area contributed by atoms with Gasteiger partial charge in [0.1, 0.15) is 11.9 Å². The summed E-state index contributed by atoms with van der Waals surface area (Å²) >= 11 is 0. The minimum Gasteiger partial charge on any atom is -0.465 e. The Bertz CT molecular complexity index is 1080. The minimum atomic E-state index is -1.11. The lowest BCUT2D eigenvalue weighted by atomic mass is 9.79. The van der Waals surface area contributed by atoms with E-state index in [4.69, 9.17) is 14.3 Å². The van der Waals surface area contributed by atoms with Crippen LogP contribution in [0.1, 0.15) is 66.3 Å². The molecule has 2 aliphatic rings. The molecular formula is C24H35BN4O5. The summed E-state index contributed by atoms with van der Waals surface area (Å²) in [6.45, 7) is 12.4. The number of imidazole rings is 1. The van der Waals surface area contributed by atoms with Gasteiger partial charge >= 0.3 is 13.2 Å². The lowest BCUT2D eigenvalue weighted by Crippen LogP contribution is -2.51. The number of likely N-dealkylation sites (N-methyl/N-ethyl adjacent to an activating group) is 1. The van der Waals surface area contributed by atoms with Crippen LogP contribution in [0.4, 0.5) is 4.79 Å². The van der Waals surface area contributed by atoms with E-state index in [1.54, 1.807) is 4.90 Å². The van der Waals surface area contributed by atoms with Crippen molar-refractivity contribution in [3.63, 3.8) is 0 Å². The summed E-state index contributed by atoms with van der Waals surface area (Å²) in [6, 6.07) is 4.94. The maximum Gasteiger partial charge on any atom is 0.494 e. The summed E-state index contributed by atoms with van der Waals surface area (Å²) in [5, 5.41) is 9.47. The molecule has 0 aliphatic carbocycles. The van der Waals surface area contributed by atoms with Gasteiger partial charge < -0.3 is 24.3 Å². The molecule has 2 atom stereocenters. The van der Waals surface area contributed by atoms with Crippen LogP contribution < -0.4 is 5.46 Å². The molecule has 3 heterocycles. The summed E-state index contributed by atoms with van der Waals surface area (Å²) in [7, 11) is 0.978. The smallest absolute Gasteiger partial charge is 0.465 e. The SMILES string of the molecule is CC(C)[C@@H](C(=O)N1CCC[C@H]1c1nc2cc(B3OC(C)(C)C(C)(C)O3)ccc2[nH]1)N(C)C(=O)O. The number of fused-ring (bicyclic) bond motifs is 1. The van der Waals surface area contributed by atoms with Crippen molar-refractivity contribution in [1.29, 1.82) is 0 Å². The number of hydrogen-bond donors (Lipinski definition) is 2. The molecule has 0 unspecified atom stereocenters. The fraction of sp³-hybridized carbons (Fsp3) is 0.625. The molecule has 0 bridgehead atoms. The molecule has 4 rings (SSSR count). The number of carboxylic acid groups (broad SMARTS) is 1. The topological polar surface area (TPSA) is 108 Å². The zero-order valence-electron chi connectivity index (χ0n) is 21.1. The van der Waals surface area contributed by atoms with Crippen molar-refractivity contribution in [2.24, 2.45) is 5.92 Å². The maximum absolute atomic E-state index is 13.4. The Balaban J connectivity index is 1.60. The summed E-state index contributed by atoms with van der Waals surface area (Å²) in [5.41, 5.74) is 1.70. The fourth-order valence-electron chi connectivity index (χ4n) is 4.83. The van der Waals surface area contributed by atoms with Crippen LogP contribution in [0.3, 0.4) is 0 Å². The van der Waals surface area contributed by atoms with Gasteiger partial charge in [-0.1, -0.05) is 19.9 Å². The van der Waals surface area contributed by atoms with Gasteiger partial charge in [-0.3, -0.25) is 9.69 Å². The van der Waals surface area contributed by atoms with Gasteiger partial charge in [0.15, 0.2) is 0 Å². The molecule has 2 N–H and O–H groups in total. The molecule has 0 radical (unpaired) electrons. The highest BCUT2D eigenvalue weighted by atomic mass is 16.7. The third-order valence-corrected chi connectivity index (χ3v) is 7.51. The molecule has 10 heteroatoms. The normalized spacial score (nSPS) is 22.5. The number of rotatable bonds is 5. The first-order valence-corrected chi connectivity index (χ1v) is 11.9. The van der Waals surface area contributed by atoms with Gasteiger partial charge in [-0.05, 0) is 64.1 Å². The van der Waals surface area contributed by atoms with Crippen molar-refractivity contribution in [2.75, 3.05) is 13.6 Å². The fourth-order valence-corrected chi connectivity index (χ4v) is 4.83. The van der Waals surface area contributed by atoms with Gasteiger partial charge in [-0.25, -0.2) is 9.78 Å². The second kappa shape index (κ2) is 8.57. The van der Waals surface area contributed by atoms with E-state index in [1.165, 1.54) is 7.05 Å². The molecule has 0 saturated carbocycles. The molecule has 9 nitrogen and oxygen atoms in total. The van der Waals surface area contributed by atoms with Crippen molar-refractivity contribution < 1.29 is 24.0 Å². The summed E-state index contributed by atoms with van der Waals surface area (Å²) in [6.07, 6.45) is 0.507. The molecule has 34 heavy (non-hydrogen) atoms. The van der Waals surface area contributed by atoms with Crippen LogP contribution in [0.2, 0.25) is 0 Å². The predicted octanol–water partition coefficient (Wildman–Crippen LogP) is 3.16. The van der Waals surface area contributed by atoms with Crippen molar-refractivity contribution in [3.8, 4) is 0 Å². The first-order valence-electron chi connectivity index (χ1n) is 11.9. The van der Waals surface area contributed by atoms with Gasteiger partial charge in [0.05, 0.1) is 28.3 Å². The van der Waals surface area contributed by atoms with E-state index >= 15 is 0 Å². The second-order valence-corrected chi connectivity index (χ2v) is 10.8. The summed E-state index contributed by atoms with van der Waals surface area (Å²) < 4.78 is 12.4. The van der Waals surface area contributed by atoms with Crippen LogP contribution in [0.25, 0.3) is 11.0 Å². The predicted molar refractivity (Wildman–Crippen MR) is 130 cm³/mol. The average molecular weight is 470 g/mol. The third kappa shape index (κ3) is 4.18. The molecule has 1 aromatic heterocycles. The van der Waals surface area contributed by atoms with Crippen molar-refractivity contribution in [2.45, 2.75) is 77.7 Å². The molecule has 2 aliphatic heterocycles. The average Bonchev–Trinajstić information content (AvgIpc) is 3.42. The molecule has 2 aromatic rings. The zero-order chi connectivity index (χ0) is 25.0. The second-order valence-electron chi connectivity index (χ2n) is 10.8. The van der Waals surface area contributed by atoms with Gasteiger partial charge in [0, 0.05) is 13.6 Å². The minimum absolute atomic E-state index is 0.145. The number of hydrogen-bond acceptors (Lipinski definition) is 5. The Labute approximate surface area is 200 Å². The van der Waals surface area contributed by atoms with Crippen LogP contribution in [0.5, 0.6) is 0 Å². The van der Waals surface area contributed by atoms with Crippen LogP contribution in [-0.4, -0.2) is 74.8 Å². The highest BCUT2D eigenvalue weighted by Gasteiger charge is 2.51. The van der Waals surface area contributed by atoms with E-state index < -0.39 is 30.5 Å². The lowest BCUT2D eigenvalue weighted by molar-refractivity contribution is -0.138. The highest BCUT2D eigenvalue weighted by Crippen LogP contribution is 2.37. The largest absolute Gasteiger partial charge is 0.494 e. The van der Waals surface area contributed by atoms with Crippen LogP contribution in [-0.2, 0) is 14.1 Å². The molecule has 2 saturated heterocycles. The van der Waals surface area contributed by atoms with Crippen LogP contribution >= 0.6 is 0 Å². The van der Waals surface area contributed by atoms with Crippen molar-refractivity contribution in [1.82, 2.24) is 19.8 Å². The number of nitrogens with zero attached hydrogens (tertiary/aromatic N) is 3. The van der Waals surface area contributed by atoms with E-state index in [0.717, 1.165) is 34.2 Å². The molecule has 1 aromatic carbocycles. The zero-order valence-corrected chi connectivity index (χ0v) is 21.1. The van der Waals surface area contributed by atoms with E-state index in [1.807, 2.05) is 59.7 Å². The molecule has 184 valence electrons. The van der Waals surface area contributed by atoms with Gasteiger partial charge in [-0.2, -0.15) is 0 Å². The molecule has 2 fully saturated rings. The van der Waals surface area contributed by atoms with E-state index in [0.29, 0.717) is 12.4 Å². The number of nitrogens with one attached hydrogen (secondary N) is 1. The number of amides is 2.